The average Bonchev–Trinajstić information content (AvgIpc) is 3.12. The minimum absolute atomic E-state index is 0.0393. The summed E-state index contributed by atoms with van der Waals surface area (Å²) in [7, 11) is 0. The lowest BCUT2D eigenvalue weighted by atomic mass is 10.2. The molecule has 8 heteroatoms. The highest BCUT2D eigenvalue weighted by Gasteiger charge is 2.18. The van der Waals surface area contributed by atoms with Crippen LogP contribution in [0.5, 0.6) is 5.75 Å². The van der Waals surface area contributed by atoms with Gasteiger partial charge >= 0.3 is 11.9 Å². The Labute approximate surface area is 144 Å². The van der Waals surface area contributed by atoms with Crippen molar-refractivity contribution < 1.29 is 28.3 Å². The molecule has 8 nitrogen and oxygen atoms in total. The van der Waals surface area contributed by atoms with Crippen LogP contribution in [0.15, 0.2) is 47.1 Å². The lowest BCUT2D eigenvalue weighted by Crippen LogP contribution is -2.44. The molecule has 2 rings (SSSR count). The van der Waals surface area contributed by atoms with Crippen molar-refractivity contribution in [2.75, 3.05) is 6.61 Å². The zero-order valence-corrected chi connectivity index (χ0v) is 13.8. The van der Waals surface area contributed by atoms with Gasteiger partial charge in [-0.2, -0.15) is 0 Å². The van der Waals surface area contributed by atoms with Gasteiger partial charge in [0.05, 0.1) is 6.26 Å². The number of rotatable bonds is 6. The molecule has 2 aromatic rings. The third-order valence-electron chi connectivity index (χ3n) is 3.04. The number of carbonyl (C=O) groups excluding carboxylic acids is 3. The molecule has 0 saturated carbocycles. The van der Waals surface area contributed by atoms with Crippen LogP contribution in [-0.4, -0.2) is 30.5 Å². The molecule has 1 aromatic carbocycles. The van der Waals surface area contributed by atoms with Crippen LogP contribution in [-0.2, 0) is 14.3 Å². The average molecular weight is 346 g/mol. The Morgan fingerprint density at radius 2 is 1.96 bits per heavy atom. The van der Waals surface area contributed by atoms with Gasteiger partial charge < -0.3 is 13.9 Å². The molecule has 0 fully saturated rings. The van der Waals surface area contributed by atoms with E-state index in [0.29, 0.717) is 5.75 Å². The molecular formula is C17H18N2O6. The molecule has 1 atom stereocenters. The zero-order valence-electron chi connectivity index (χ0n) is 13.8. The van der Waals surface area contributed by atoms with Crippen LogP contribution in [0.25, 0.3) is 0 Å². The molecule has 0 bridgehead atoms. The van der Waals surface area contributed by atoms with E-state index < -0.39 is 30.5 Å². The van der Waals surface area contributed by atoms with Gasteiger partial charge in [-0.3, -0.25) is 20.4 Å². The second kappa shape index (κ2) is 8.53. The Morgan fingerprint density at radius 1 is 1.16 bits per heavy atom. The number of carbonyl (C=O) groups is 3. The van der Waals surface area contributed by atoms with Gasteiger partial charge in [0.25, 0.3) is 5.91 Å². The maximum atomic E-state index is 11.8. The van der Waals surface area contributed by atoms with Crippen molar-refractivity contribution in [1.82, 2.24) is 10.9 Å². The monoisotopic (exact) mass is 346 g/mol. The number of hydrogen-bond acceptors (Lipinski definition) is 6. The lowest BCUT2D eigenvalue weighted by Gasteiger charge is -2.14. The molecule has 0 aliphatic heterocycles. The first kappa shape index (κ1) is 18.1. The Morgan fingerprint density at radius 3 is 2.64 bits per heavy atom. The van der Waals surface area contributed by atoms with E-state index in [-0.39, 0.29) is 5.76 Å². The second-order valence-corrected chi connectivity index (χ2v) is 5.16. The van der Waals surface area contributed by atoms with E-state index in [1.165, 1.54) is 25.3 Å². The number of ether oxygens (including phenoxy) is 2. The first-order valence-electron chi connectivity index (χ1n) is 7.48. The number of esters is 1. The second-order valence-electron chi connectivity index (χ2n) is 5.16. The van der Waals surface area contributed by atoms with Gasteiger partial charge in [0.2, 0.25) is 0 Å². The number of amides is 2. The molecule has 1 heterocycles. The van der Waals surface area contributed by atoms with Crippen molar-refractivity contribution >= 4 is 17.8 Å². The zero-order chi connectivity index (χ0) is 18.2. The van der Waals surface area contributed by atoms with E-state index in [2.05, 4.69) is 10.9 Å². The van der Waals surface area contributed by atoms with E-state index in [1.54, 1.807) is 18.2 Å². The maximum absolute atomic E-state index is 11.8. The summed E-state index contributed by atoms with van der Waals surface area (Å²) in [6, 6.07) is 10.2. The fourth-order valence-electron chi connectivity index (χ4n) is 1.83. The quantitative estimate of drug-likeness (QED) is 0.604. The molecule has 0 aliphatic carbocycles. The Bertz CT molecular complexity index is 741. The van der Waals surface area contributed by atoms with E-state index in [4.69, 9.17) is 13.9 Å². The number of hydrogen-bond donors (Lipinski definition) is 2. The van der Waals surface area contributed by atoms with Gasteiger partial charge in [-0.1, -0.05) is 12.1 Å². The Hall–Kier alpha value is -3.29. The first-order chi connectivity index (χ1) is 12.0. The number of furan rings is 1. The molecule has 1 aromatic heterocycles. The summed E-state index contributed by atoms with van der Waals surface area (Å²) in [4.78, 5) is 34.9. The van der Waals surface area contributed by atoms with E-state index in [1.807, 2.05) is 13.0 Å². The predicted molar refractivity (Wildman–Crippen MR) is 86.5 cm³/mol. The number of benzene rings is 1. The lowest BCUT2D eigenvalue weighted by molar-refractivity contribution is -0.154. The summed E-state index contributed by atoms with van der Waals surface area (Å²) in [5.74, 6) is -1.46. The van der Waals surface area contributed by atoms with Crippen molar-refractivity contribution in [3.05, 3.63) is 54.0 Å². The molecule has 132 valence electrons. The van der Waals surface area contributed by atoms with E-state index in [0.717, 1.165) is 5.56 Å². The summed E-state index contributed by atoms with van der Waals surface area (Å²) >= 11 is 0. The molecule has 0 aliphatic rings. The van der Waals surface area contributed by atoms with Gasteiger partial charge in [-0.05, 0) is 43.7 Å². The molecular weight excluding hydrogens is 328 g/mol. The predicted octanol–water partition coefficient (Wildman–Crippen LogP) is 1.36. The highest BCUT2D eigenvalue weighted by atomic mass is 16.6. The molecule has 2 N–H and O–H groups in total. The van der Waals surface area contributed by atoms with Crippen LogP contribution in [0.4, 0.5) is 0 Å². The summed E-state index contributed by atoms with van der Waals surface area (Å²) in [5, 5.41) is 0. The third kappa shape index (κ3) is 5.69. The molecule has 2 amide bonds. The summed E-state index contributed by atoms with van der Waals surface area (Å²) in [5.41, 5.74) is 5.23. The van der Waals surface area contributed by atoms with Gasteiger partial charge in [0, 0.05) is 0 Å². The van der Waals surface area contributed by atoms with Crippen LogP contribution in [0, 0.1) is 6.92 Å². The molecule has 0 unspecified atom stereocenters. The van der Waals surface area contributed by atoms with Crippen LogP contribution < -0.4 is 15.6 Å². The van der Waals surface area contributed by atoms with Crippen LogP contribution in [0.1, 0.15) is 23.0 Å². The summed E-state index contributed by atoms with van der Waals surface area (Å²) in [6.45, 7) is 2.86. The number of nitrogens with one attached hydrogen (secondary N) is 2. The number of aryl methyl sites for hydroxylation is 1. The van der Waals surface area contributed by atoms with Crippen LogP contribution in [0.3, 0.4) is 0 Å². The van der Waals surface area contributed by atoms with Crippen molar-refractivity contribution in [3.63, 3.8) is 0 Å². The third-order valence-corrected chi connectivity index (χ3v) is 3.04. The SMILES string of the molecule is Cc1cccc(O[C@H](C)C(=O)OCC(=O)NNC(=O)c2ccco2)c1. The van der Waals surface area contributed by atoms with Gasteiger partial charge in [-0.15, -0.1) is 0 Å². The largest absolute Gasteiger partial charge is 0.479 e. The Kier molecular flexibility index (Phi) is 6.16. The van der Waals surface area contributed by atoms with E-state index in [9.17, 15) is 14.4 Å². The minimum atomic E-state index is -0.882. The topological polar surface area (TPSA) is 107 Å². The fraction of sp³-hybridized carbons (Fsp3) is 0.235. The van der Waals surface area contributed by atoms with Crippen molar-refractivity contribution in [2.45, 2.75) is 20.0 Å². The highest BCUT2D eigenvalue weighted by Crippen LogP contribution is 2.14. The van der Waals surface area contributed by atoms with Gasteiger partial charge in [0.1, 0.15) is 5.75 Å². The minimum Gasteiger partial charge on any atom is -0.479 e. The van der Waals surface area contributed by atoms with Crippen molar-refractivity contribution in [3.8, 4) is 5.75 Å². The fourth-order valence-corrected chi connectivity index (χ4v) is 1.83. The molecule has 0 radical (unpaired) electrons. The van der Waals surface area contributed by atoms with E-state index >= 15 is 0 Å². The number of hydrazine groups is 1. The van der Waals surface area contributed by atoms with Crippen molar-refractivity contribution in [1.29, 1.82) is 0 Å². The molecule has 0 spiro atoms. The van der Waals surface area contributed by atoms with Crippen LogP contribution in [0.2, 0.25) is 0 Å². The van der Waals surface area contributed by atoms with Gasteiger partial charge in [-0.25, -0.2) is 4.79 Å². The molecule has 25 heavy (non-hydrogen) atoms. The maximum Gasteiger partial charge on any atom is 0.347 e. The smallest absolute Gasteiger partial charge is 0.347 e. The first-order valence-corrected chi connectivity index (χ1v) is 7.48. The van der Waals surface area contributed by atoms with Crippen molar-refractivity contribution in [2.24, 2.45) is 0 Å². The van der Waals surface area contributed by atoms with Gasteiger partial charge in [0.15, 0.2) is 18.5 Å². The highest BCUT2D eigenvalue weighted by molar-refractivity contribution is 5.93. The summed E-state index contributed by atoms with van der Waals surface area (Å²) < 4.78 is 15.1. The Balaban J connectivity index is 1.71. The molecule has 0 saturated heterocycles. The summed E-state index contributed by atoms with van der Waals surface area (Å²) in [6.07, 6.45) is 0.445. The normalized spacial score (nSPS) is 11.3. The van der Waals surface area contributed by atoms with Crippen LogP contribution >= 0.6 is 0 Å². The standard InChI is InChI=1S/C17H18N2O6/c1-11-5-3-6-13(9-11)25-12(2)17(22)24-10-15(20)18-19-16(21)14-7-4-8-23-14/h3-9,12H,10H2,1-2H3,(H,18,20)(H,19,21)/t12-/m1/s1.